The van der Waals surface area contributed by atoms with Gasteiger partial charge in [0.1, 0.15) is 12.1 Å². The number of ether oxygens (including phenoxy) is 1. The van der Waals surface area contributed by atoms with Gasteiger partial charge in [0.2, 0.25) is 5.91 Å². The van der Waals surface area contributed by atoms with Crippen LogP contribution in [-0.2, 0) is 36.4 Å². The summed E-state index contributed by atoms with van der Waals surface area (Å²) in [6.45, 7) is -0.670. The van der Waals surface area contributed by atoms with Crippen molar-refractivity contribution in [1.82, 2.24) is 10.2 Å². The minimum atomic E-state index is -5.62. The summed E-state index contributed by atoms with van der Waals surface area (Å²) >= 11 is 0. The number of rotatable bonds is 8. The lowest BCUT2D eigenvalue weighted by Crippen LogP contribution is -2.57. The van der Waals surface area contributed by atoms with E-state index in [4.69, 9.17) is 25.2 Å². The smallest absolute Gasteiger partial charge is 0.353 e. The Kier molecular flexibility index (Phi) is 8.57. The Morgan fingerprint density at radius 3 is 2.42 bits per heavy atom. The molecule has 5 atom stereocenters. The van der Waals surface area contributed by atoms with Crippen LogP contribution in [0.4, 0.5) is 4.79 Å². The van der Waals surface area contributed by atoms with Gasteiger partial charge in [-0.3, -0.25) is 19.5 Å². The maximum Gasteiger partial charge on any atom is 0.490 e. The van der Waals surface area contributed by atoms with Crippen molar-refractivity contribution < 1.29 is 60.7 Å². The molecule has 2 heterocycles. The molecule has 2 aliphatic rings. The summed E-state index contributed by atoms with van der Waals surface area (Å²) in [6.07, 6.45) is -1.17. The number of phosphoric ester groups is 1. The van der Waals surface area contributed by atoms with Crippen molar-refractivity contribution in [3.63, 3.8) is 0 Å². The highest BCUT2D eigenvalue weighted by atomic mass is 31.3. The van der Waals surface area contributed by atoms with E-state index in [0.29, 0.717) is 0 Å². The molecule has 2 aliphatic heterocycles. The minimum absolute atomic E-state index is 0.0281. The molecule has 0 bridgehead atoms. The first kappa shape index (κ1) is 26.1. The number of nitrogens with zero attached hydrogens (tertiary/aromatic N) is 1. The number of carbonyl (C=O) groups excluding carboxylic acids is 2. The highest BCUT2D eigenvalue weighted by molar-refractivity contribution is 7.66. The Labute approximate surface area is 175 Å². The Balaban J connectivity index is 1.90. The van der Waals surface area contributed by atoms with Gasteiger partial charge in [0, 0.05) is 6.54 Å². The van der Waals surface area contributed by atoms with Crippen molar-refractivity contribution in [2.75, 3.05) is 19.7 Å². The van der Waals surface area contributed by atoms with Crippen LogP contribution in [0.2, 0.25) is 0 Å². The number of imide groups is 1. The molecular formula is C12H20N3O13P3. The van der Waals surface area contributed by atoms with Crippen LogP contribution < -0.4 is 11.1 Å². The topological polar surface area (TPSA) is 244 Å². The molecule has 0 spiro atoms. The van der Waals surface area contributed by atoms with Gasteiger partial charge >= 0.3 is 29.5 Å². The fourth-order valence-electron chi connectivity index (χ4n) is 2.69. The summed E-state index contributed by atoms with van der Waals surface area (Å²) in [4.78, 5) is 60.6. The maximum absolute atomic E-state index is 12.1. The molecule has 0 radical (unpaired) electrons. The molecule has 3 amide bonds. The van der Waals surface area contributed by atoms with E-state index in [1.165, 1.54) is 4.90 Å². The molecule has 0 aromatic carbocycles. The summed E-state index contributed by atoms with van der Waals surface area (Å²) in [5, 5.41) is 2.13. The van der Waals surface area contributed by atoms with Crippen LogP contribution in [0.5, 0.6) is 0 Å². The highest BCUT2D eigenvalue weighted by Gasteiger charge is 2.43. The Morgan fingerprint density at radius 1 is 1.13 bits per heavy atom. The molecule has 0 aliphatic carbocycles. The van der Waals surface area contributed by atoms with Crippen molar-refractivity contribution in [3.05, 3.63) is 0 Å². The van der Waals surface area contributed by atoms with Crippen LogP contribution >= 0.6 is 23.5 Å². The molecule has 0 saturated carbocycles. The van der Waals surface area contributed by atoms with Crippen molar-refractivity contribution in [3.8, 4) is 11.8 Å². The van der Waals surface area contributed by atoms with Crippen molar-refractivity contribution in [2.24, 2.45) is 11.7 Å². The van der Waals surface area contributed by atoms with E-state index in [1.54, 1.807) is 0 Å². The first-order valence-corrected chi connectivity index (χ1v) is 13.0. The molecule has 0 aromatic rings. The number of hydrogen-bond acceptors (Lipinski definition) is 10. The van der Waals surface area contributed by atoms with Gasteiger partial charge in [-0.2, -0.15) is 8.62 Å². The first-order valence-electron chi connectivity index (χ1n) is 8.45. The van der Waals surface area contributed by atoms with Crippen molar-refractivity contribution >= 4 is 35.4 Å². The molecule has 2 saturated heterocycles. The van der Waals surface area contributed by atoms with Crippen LogP contribution in [-0.4, -0.2) is 68.4 Å². The predicted octanol–water partition coefficient (Wildman–Crippen LogP) is -1.04. The lowest BCUT2D eigenvalue weighted by molar-refractivity contribution is -0.126. The molecule has 16 nitrogen and oxygen atoms in total. The van der Waals surface area contributed by atoms with Gasteiger partial charge in [0.15, 0.2) is 0 Å². The predicted molar refractivity (Wildman–Crippen MR) is 98.3 cm³/mol. The van der Waals surface area contributed by atoms with E-state index in [9.17, 15) is 28.2 Å². The van der Waals surface area contributed by atoms with E-state index in [2.05, 4.69) is 30.3 Å². The Hall–Kier alpha value is -1.17. The first-order chi connectivity index (χ1) is 14.2. The maximum atomic E-state index is 12.1. The summed E-state index contributed by atoms with van der Waals surface area (Å²) in [5.41, 5.74) is 5.27. The molecule has 2 rings (SSSR count). The van der Waals surface area contributed by atoms with Crippen LogP contribution in [0.25, 0.3) is 0 Å². The molecule has 7 N–H and O–H groups in total. The summed E-state index contributed by atoms with van der Waals surface area (Å²) in [7, 11) is -16.4. The highest BCUT2D eigenvalue weighted by Crippen LogP contribution is 2.66. The number of nitrogens with one attached hydrogen (secondary N) is 1. The summed E-state index contributed by atoms with van der Waals surface area (Å²) in [5.74, 6) is 3.77. The third-order valence-corrected chi connectivity index (χ3v) is 7.64. The Bertz CT molecular complexity index is 910. The van der Waals surface area contributed by atoms with Crippen LogP contribution in [0.3, 0.4) is 0 Å². The quantitative estimate of drug-likeness (QED) is 0.170. The molecular weight excluding hydrogens is 487 g/mol. The minimum Gasteiger partial charge on any atom is -0.353 e. The van der Waals surface area contributed by atoms with E-state index in [1.807, 2.05) is 0 Å². The average molecular weight is 507 g/mol. The normalized spacial score (nSPS) is 28.3. The summed E-state index contributed by atoms with van der Waals surface area (Å²) in [6, 6.07) is -0.714. The molecule has 2 fully saturated rings. The average Bonchev–Trinajstić information content (AvgIpc) is 3.05. The second kappa shape index (κ2) is 10.2. The number of carbonyl (C=O) groups is 2. The second-order valence-electron chi connectivity index (χ2n) is 6.20. The zero-order valence-corrected chi connectivity index (χ0v) is 18.3. The van der Waals surface area contributed by atoms with Gasteiger partial charge in [-0.15, -0.1) is 0 Å². The van der Waals surface area contributed by atoms with E-state index >= 15 is 0 Å². The van der Waals surface area contributed by atoms with Crippen LogP contribution in [0.1, 0.15) is 12.8 Å². The fraction of sp³-hybridized carbons (Fsp3) is 0.667. The Morgan fingerprint density at radius 2 is 1.81 bits per heavy atom. The van der Waals surface area contributed by atoms with Gasteiger partial charge in [0.05, 0.1) is 19.3 Å². The number of amides is 3. The SMILES string of the molecule is NCC#CC1CN([C@H]2CC[C@@H](COP(=O)(O)OP(=O)(O)OP(=O)(O)O)O2)C(=O)NC1=O. The van der Waals surface area contributed by atoms with Gasteiger partial charge in [-0.25, -0.2) is 18.5 Å². The van der Waals surface area contributed by atoms with Gasteiger partial charge in [-0.05, 0) is 12.8 Å². The van der Waals surface area contributed by atoms with Crippen molar-refractivity contribution in [1.29, 1.82) is 0 Å². The fourth-order valence-corrected chi connectivity index (χ4v) is 5.74. The monoisotopic (exact) mass is 507 g/mol. The third kappa shape index (κ3) is 8.36. The largest absolute Gasteiger partial charge is 0.490 e. The number of phosphoric acid groups is 3. The van der Waals surface area contributed by atoms with E-state index in [-0.39, 0.29) is 25.9 Å². The summed E-state index contributed by atoms with van der Waals surface area (Å²) < 4.78 is 50.9. The molecule has 3 unspecified atom stereocenters. The number of hydrogen-bond donors (Lipinski definition) is 6. The lowest BCUT2D eigenvalue weighted by atomic mass is 10.1. The van der Waals surface area contributed by atoms with Crippen LogP contribution in [0.15, 0.2) is 0 Å². The lowest BCUT2D eigenvalue weighted by Gasteiger charge is -2.34. The molecule has 19 heteroatoms. The van der Waals surface area contributed by atoms with E-state index < -0.39 is 60.3 Å². The van der Waals surface area contributed by atoms with Gasteiger partial charge in [-0.1, -0.05) is 11.8 Å². The zero-order chi connectivity index (χ0) is 23.4. The number of nitrogens with two attached hydrogens (primary N) is 1. The third-order valence-electron chi connectivity index (χ3n) is 3.84. The molecule has 31 heavy (non-hydrogen) atoms. The molecule has 0 aromatic heterocycles. The number of urea groups is 1. The van der Waals surface area contributed by atoms with Crippen LogP contribution in [0, 0.1) is 17.8 Å². The molecule has 176 valence electrons. The zero-order valence-electron chi connectivity index (χ0n) is 15.6. The van der Waals surface area contributed by atoms with E-state index in [0.717, 1.165) is 0 Å². The van der Waals surface area contributed by atoms with Crippen molar-refractivity contribution in [2.45, 2.75) is 25.2 Å². The van der Waals surface area contributed by atoms with Gasteiger partial charge < -0.3 is 30.0 Å². The van der Waals surface area contributed by atoms with Gasteiger partial charge in [0.25, 0.3) is 0 Å². The standard InChI is InChI=1S/C12H20N3O13P3/c13-5-1-2-8-6-15(12(17)14-11(8)16)10-4-3-9(26-10)7-25-30(21,22)28-31(23,24)27-29(18,19)20/h8-10H,3-7,13H2,(H,21,22)(H,23,24)(H,14,16,17)(H2,18,19,20)/t8?,9-,10+/m0/s1. The second-order valence-corrected chi connectivity index (χ2v) is 10.6.